The fourth-order valence-electron chi connectivity index (χ4n) is 2.56. The first-order valence-corrected chi connectivity index (χ1v) is 9.45. The summed E-state index contributed by atoms with van der Waals surface area (Å²) in [5.74, 6) is -3.13. The highest BCUT2D eigenvalue weighted by molar-refractivity contribution is 6.31. The molecule has 29 heavy (non-hydrogen) atoms. The molecule has 0 heterocycles. The van der Waals surface area contributed by atoms with Crippen molar-refractivity contribution >= 4 is 35.1 Å². The Hall–Kier alpha value is -2.79. The molecule has 3 nitrogen and oxygen atoms in total. The van der Waals surface area contributed by atoms with E-state index in [4.69, 9.17) is 11.6 Å². The first kappa shape index (κ1) is 22.5. The molecule has 2 rings (SSSR count). The minimum absolute atomic E-state index is 0.122. The van der Waals surface area contributed by atoms with Crippen LogP contribution in [0.1, 0.15) is 31.9 Å². The Morgan fingerprint density at radius 2 is 1.66 bits per heavy atom. The van der Waals surface area contributed by atoms with Crippen molar-refractivity contribution in [1.29, 1.82) is 0 Å². The molecular formula is C23H22ClF2NO2. The Kier molecular flexibility index (Phi) is 7.46. The molecule has 1 unspecified atom stereocenters. The lowest BCUT2D eigenvalue weighted by molar-refractivity contribution is -0.125. The second-order valence-electron chi connectivity index (χ2n) is 7.07. The highest BCUT2D eigenvalue weighted by Crippen LogP contribution is 2.24. The second kappa shape index (κ2) is 9.61. The molecule has 0 radical (unpaired) electrons. The minimum Gasteiger partial charge on any atom is -0.288 e. The Morgan fingerprint density at radius 1 is 1.03 bits per heavy atom. The van der Waals surface area contributed by atoms with Gasteiger partial charge in [0.1, 0.15) is 11.6 Å². The summed E-state index contributed by atoms with van der Waals surface area (Å²) < 4.78 is 27.7. The van der Waals surface area contributed by atoms with Crippen LogP contribution in [-0.2, 0) is 9.59 Å². The lowest BCUT2D eigenvalue weighted by Gasteiger charge is -2.18. The molecule has 2 aromatic rings. The van der Waals surface area contributed by atoms with Gasteiger partial charge in [0.25, 0.3) is 11.8 Å². The third kappa shape index (κ3) is 5.84. The number of amides is 2. The lowest BCUT2D eigenvalue weighted by atomic mass is 9.90. The number of carbonyl (C=O) groups excluding carboxylic acids is 2. The first-order chi connectivity index (χ1) is 13.6. The van der Waals surface area contributed by atoms with Gasteiger partial charge in [-0.15, -0.1) is 0 Å². The van der Waals surface area contributed by atoms with Crippen LogP contribution in [0, 0.1) is 23.5 Å². The molecule has 6 heteroatoms. The van der Waals surface area contributed by atoms with E-state index in [0.29, 0.717) is 16.7 Å². The average molecular weight is 418 g/mol. The zero-order valence-corrected chi connectivity index (χ0v) is 17.2. The van der Waals surface area contributed by atoms with E-state index in [1.807, 2.05) is 20.8 Å². The van der Waals surface area contributed by atoms with E-state index in [0.717, 1.165) is 12.1 Å². The molecule has 2 aromatic carbocycles. The lowest BCUT2D eigenvalue weighted by Crippen LogP contribution is -2.34. The summed E-state index contributed by atoms with van der Waals surface area (Å²) in [5.41, 5.74) is 0.557. The SMILES string of the molecule is C=C(C(=O)NC(=O)/C(=C/c1ccc(Cl)cc1)c1ccc(F)cc1F)C(C)C(C)C. The number of imide groups is 1. The molecule has 0 spiro atoms. The van der Waals surface area contributed by atoms with Gasteiger partial charge in [-0.3, -0.25) is 14.9 Å². The average Bonchev–Trinajstić information content (AvgIpc) is 2.66. The van der Waals surface area contributed by atoms with Gasteiger partial charge in [-0.25, -0.2) is 8.78 Å². The first-order valence-electron chi connectivity index (χ1n) is 9.07. The van der Waals surface area contributed by atoms with Gasteiger partial charge in [-0.05, 0) is 47.7 Å². The number of carbonyl (C=O) groups is 2. The summed E-state index contributed by atoms with van der Waals surface area (Å²) in [6, 6.07) is 9.38. The van der Waals surface area contributed by atoms with Gasteiger partial charge in [0.2, 0.25) is 0 Å². The minimum atomic E-state index is -0.915. The Balaban J connectivity index is 2.41. The van der Waals surface area contributed by atoms with Gasteiger partial charge in [-0.2, -0.15) is 0 Å². The topological polar surface area (TPSA) is 46.2 Å². The standard InChI is InChI=1S/C23H22ClF2NO2/c1-13(2)14(3)15(4)22(28)27-23(29)20(11-16-5-7-17(24)8-6-16)19-10-9-18(25)12-21(19)26/h5-14H,4H2,1-3H3,(H,27,28,29)/b20-11+. The van der Waals surface area contributed by atoms with E-state index in [2.05, 4.69) is 11.9 Å². The summed E-state index contributed by atoms with van der Waals surface area (Å²) in [5, 5.41) is 2.75. The summed E-state index contributed by atoms with van der Waals surface area (Å²) >= 11 is 5.87. The fourth-order valence-corrected chi connectivity index (χ4v) is 2.69. The van der Waals surface area contributed by atoms with Gasteiger partial charge in [0, 0.05) is 22.2 Å². The predicted octanol–water partition coefficient (Wildman–Crippen LogP) is 5.65. The number of hydrogen-bond acceptors (Lipinski definition) is 2. The van der Waals surface area contributed by atoms with Crippen LogP contribution in [0.25, 0.3) is 11.6 Å². The van der Waals surface area contributed by atoms with Crippen molar-refractivity contribution in [3.05, 3.63) is 82.4 Å². The van der Waals surface area contributed by atoms with E-state index in [1.165, 1.54) is 6.08 Å². The molecule has 2 amide bonds. The van der Waals surface area contributed by atoms with Crippen molar-refractivity contribution < 1.29 is 18.4 Å². The van der Waals surface area contributed by atoms with Gasteiger partial charge in [0.15, 0.2) is 0 Å². The van der Waals surface area contributed by atoms with Crippen LogP contribution in [0.5, 0.6) is 0 Å². The van der Waals surface area contributed by atoms with Crippen LogP contribution in [0.3, 0.4) is 0 Å². The summed E-state index contributed by atoms with van der Waals surface area (Å²) in [6.07, 6.45) is 1.41. The van der Waals surface area contributed by atoms with Crippen molar-refractivity contribution in [2.45, 2.75) is 20.8 Å². The molecule has 0 aromatic heterocycles. The van der Waals surface area contributed by atoms with Crippen molar-refractivity contribution in [1.82, 2.24) is 5.32 Å². The Labute approximate surface area is 174 Å². The largest absolute Gasteiger partial charge is 0.288 e. The van der Waals surface area contributed by atoms with E-state index in [9.17, 15) is 18.4 Å². The number of benzene rings is 2. The van der Waals surface area contributed by atoms with E-state index < -0.39 is 23.4 Å². The van der Waals surface area contributed by atoms with Gasteiger partial charge < -0.3 is 0 Å². The van der Waals surface area contributed by atoms with E-state index in [1.54, 1.807) is 24.3 Å². The molecule has 0 saturated heterocycles. The number of rotatable bonds is 6. The molecule has 0 bridgehead atoms. The molecule has 0 aliphatic carbocycles. The fraction of sp³-hybridized carbons (Fsp3) is 0.217. The summed E-state index contributed by atoms with van der Waals surface area (Å²) in [7, 11) is 0. The maximum atomic E-state index is 14.4. The molecule has 0 saturated carbocycles. The predicted molar refractivity (Wildman–Crippen MR) is 112 cm³/mol. The van der Waals surface area contributed by atoms with Crippen molar-refractivity contribution in [3.8, 4) is 0 Å². The monoisotopic (exact) mass is 417 g/mol. The van der Waals surface area contributed by atoms with E-state index in [-0.39, 0.29) is 28.5 Å². The van der Waals surface area contributed by atoms with Crippen molar-refractivity contribution in [2.75, 3.05) is 0 Å². The normalized spacial score (nSPS) is 12.6. The van der Waals surface area contributed by atoms with Gasteiger partial charge in [0.05, 0.1) is 5.57 Å². The molecule has 0 aliphatic rings. The zero-order valence-electron chi connectivity index (χ0n) is 16.4. The highest BCUT2D eigenvalue weighted by Gasteiger charge is 2.23. The molecule has 0 fully saturated rings. The Morgan fingerprint density at radius 3 is 2.21 bits per heavy atom. The van der Waals surface area contributed by atoms with Crippen LogP contribution < -0.4 is 5.32 Å². The van der Waals surface area contributed by atoms with Crippen LogP contribution in [0.15, 0.2) is 54.6 Å². The maximum absolute atomic E-state index is 14.4. The molecule has 1 N–H and O–H groups in total. The summed E-state index contributed by atoms with van der Waals surface area (Å²) in [4.78, 5) is 25.3. The number of halogens is 3. The highest BCUT2D eigenvalue weighted by atomic mass is 35.5. The van der Waals surface area contributed by atoms with Crippen molar-refractivity contribution in [2.24, 2.45) is 11.8 Å². The van der Waals surface area contributed by atoms with Gasteiger partial charge in [-0.1, -0.05) is 51.1 Å². The molecule has 0 aliphatic heterocycles. The molecule has 1 atom stereocenters. The van der Waals surface area contributed by atoms with Crippen LogP contribution in [0.4, 0.5) is 8.78 Å². The van der Waals surface area contributed by atoms with E-state index >= 15 is 0 Å². The molecular weight excluding hydrogens is 396 g/mol. The van der Waals surface area contributed by atoms with Crippen LogP contribution in [0.2, 0.25) is 5.02 Å². The third-order valence-electron chi connectivity index (χ3n) is 4.72. The quantitative estimate of drug-likeness (QED) is 0.487. The number of nitrogens with one attached hydrogen (secondary N) is 1. The number of hydrogen-bond donors (Lipinski definition) is 1. The van der Waals surface area contributed by atoms with Gasteiger partial charge >= 0.3 is 0 Å². The van der Waals surface area contributed by atoms with Crippen LogP contribution in [-0.4, -0.2) is 11.8 Å². The molecule has 152 valence electrons. The summed E-state index contributed by atoms with van der Waals surface area (Å²) in [6.45, 7) is 9.47. The third-order valence-corrected chi connectivity index (χ3v) is 4.97. The van der Waals surface area contributed by atoms with Crippen LogP contribution >= 0.6 is 11.6 Å². The second-order valence-corrected chi connectivity index (χ2v) is 7.51. The smallest absolute Gasteiger partial charge is 0.258 e. The zero-order chi connectivity index (χ0) is 21.7. The van der Waals surface area contributed by atoms with Crippen molar-refractivity contribution in [3.63, 3.8) is 0 Å². The maximum Gasteiger partial charge on any atom is 0.258 e. The Bertz CT molecular complexity index is 965.